The van der Waals surface area contributed by atoms with E-state index in [2.05, 4.69) is 0 Å². The van der Waals surface area contributed by atoms with Gasteiger partial charge in [-0.05, 0) is 48.0 Å². The number of hydrogen-bond donors (Lipinski definition) is 0. The number of rotatable bonds is 3. The van der Waals surface area contributed by atoms with Crippen molar-refractivity contribution in [1.29, 1.82) is 5.26 Å². The van der Waals surface area contributed by atoms with Gasteiger partial charge in [0.05, 0.1) is 11.6 Å². The Kier molecular flexibility index (Phi) is 4.12. The largest absolute Gasteiger partial charge is 0.289 e. The normalized spacial score (nSPS) is 10.3. The quantitative estimate of drug-likeness (QED) is 0.620. The number of halogens is 1. The van der Waals surface area contributed by atoms with E-state index >= 15 is 0 Å². The van der Waals surface area contributed by atoms with Gasteiger partial charge in [0, 0.05) is 10.6 Å². The molecule has 0 aromatic heterocycles. The highest BCUT2D eigenvalue weighted by molar-refractivity contribution is 6.30. The summed E-state index contributed by atoms with van der Waals surface area (Å²) in [6, 6.07) is 15.8. The van der Waals surface area contributed by atoms with Crippen molar-refractivity contribution in [2.24, 2.45) is 0 Å². The molecule has 0 spiro atoms. The number of carbonyl (C=O) groups excluding carboxylic acids is 1. The highest BCUT2D eigenvalue weighted by Gasteiger charge is 2.00. The fraction of sp³-hybridized carbons (Fsp3) is 0. The smallest absolute Gasteiger partial charge is 0.185 e. The molecule has 0 atom stereocenters. The molecule has 2 aromatic rings. The van der Waals surface area contributed by atoms with E-state index in [9.17, 15) is 4.79 Å². The summed E-state index contributed by atoms with van der Waals surface area (Å²) in [6.07, 6.45) is 3.22. The minimum Gasteiger partial charge on any atom is -0.289 e. The molecule has 19 heavy (non-hydrogen) atoms. The van der Waals surface area contributed by atoms with Crippen LogP contribution in [0.25, 0.3) is 6.08 Å². The number of benzene rings is 2. The van der Waals surface area contributed by atoms with Crippen molar-refractivity contribution in [3.8, 4) is 6.07 Å². The van der Waals surface area contributed by atoms with Crippen molar-refractivity contribution in [2.45, 2.75) is 0 Å². The van der Waals surface area contributed by atoms with Gasteiger partial charge in [0.15, 0.2) is 5.78 Å². The Morgan fingerprint density at radius 3 is 2.26 bits per heavy atom. The van der Waals surface area contributed by atoms with Crippen LogP contribution in [0.1, 0.15) is 21.5 Å². The second kappa shape index (κ2) is 5.99. The Bertz CT molecular complexity index is 649. The van der Waals surface area contributed by atoms with Crippen LogP contribution in [-0.2, 0) is 0 Å². The minimum absolute atomic E-state index is 0.0824. The Labute approximate surface area is 116 Å². The molecule has 0 unspecified atom stereocenters. The van der Waals surface area contributed by atoms with Gasteiger partial charge in [-0.2, -0.15) is 5.26 Å². The average molecular weight is 268 g/mol. The third-order valence-corrected chi connectivity index (χ3v) is 2.85. The third-order valence-electron chi connectivity index (χ3n) is 2.60. The van der Waals surface area contributed by atoms with Crippen molar-refractivity contribution in [3.05, 3.63) is 76.3 Å². The highest BCUT2D eigenvalue weighted by atomic mass is 35.5. The summed E-state index contributed by atoms with van der Waals surface area (Å²) in [7, 11) is 0. The van der Waals surface area contributed by atoms with Gasteiger partial charge < -0.3 is 0 Å². The molecule has 2 aromatic carbocycles. The molecule has 0 saturated heterocycles. The Morgan fingerprint density at radius 1 is 1.05 bits per heavy atom. The van der Waals surface area contributed by atoms with E-state index in [0.29, 0.717) is 16.1 Å². The summed E-state index contributed by atoms with van der Waals surface area (Å²) in [5.74, 6) is -0.0824. The molecule has 0 aliphatic carbocycles. The summed E-state index contributed by atoms with van der Waals surface area (Å²) >= 11 is 5.76. The van der Waals surface area contributed by atoms with Crippen LogP contribution in [-0.4, -0.2) is 5.78 Å². The molecule has 0 amide bonds. The van der Waals surface area contributed by atoms with E-state index in [-0.39, 0.29) is 5.78 Å². The van der Waals surface area contributed by atoms with Crippen molar-refractivity contribution >= 4 is 23.5 Å². The van der Waals surface area contributed by atoms with E-state index < -0.39 is 0 Å². The summed E-state index contributed by atoms with van der Waals surface area (Å²) in [5, 5.41) is 9.29. The number of hydrogen-bond acceptors (Lipinski definition) is 2. The first kappa shape index (κ1) is 13.1. The molecule has 0 heterocycles. The summed E-state index contributed by atoms with van der Waals surface area (Å²) < 4.78 is 0. The van der Waals surface area contributed by atoms with Crippen LogP contribution in [0.15, 0.2) is 54.6 Å². The monoisotopic (exact) mass is 267 g/mol. The van der Waals surface area contributed by atoms with E-state index in [1.165, 1.54) is 6.08 Å². The number of nitrogens with zero attached hydrogens (tertiary/aromatic N) is 1. The third kappa shape index (κ3) is 3.54. The average Bonchev–Trinajstić information content (AvgIpc) is 2.46. The highest BCUT2D eigenvalue weighted by Crippen LogP contribution is 2.11. The first-order valence-electron chi connectivity index (χ1n) is 5.67. The predicted molar refractivity (Wildman–Crippen MR) is 76.0 cm³/mol. The lowest BCUT2D eigenvalue weighted by molar-refractivity contribution is 0.104. The zero-order chi connectivity index (χ0) is 13.7. The topological polar surface area (TPSA) is 40.9 Å². The van der Waals surface area contributed by atoms with Crippen molar-refractivity contribution in [2.75, 3.05) is 0 Å². The standard InChI is InChI=1S/C16H10ClNO/c17-15-8-6-14(7-9-15)16(19)10-5-12-1-3-13(11-18)4-2-12/h1-10H/b10-5+. The van der Waals surface area contributed by atoms with Crippen LogP contribution in [0.2, 0.25) is 5.02 Å². The Balaban J connectivity index is 2.11. The van der Waals surface area contributed by atoms with Crippen LogP contribution in [0.3, 0.4) is 0 Å². The van der Waals surface area contributed by atoms with Gasteiger partial charge in [-0.15, -0.1) is 0 Å². The maximum Gasteiger partial charge on any atom is 0.185 e. The second-order valence-corrected chi connectivity index (χ2v) is 4.37. The Morgan fingerprint density at radius 2 is 1.68 bits per heavy atom. The molecule has 0 radical (unpaired) electrons. The van der Waals surface area contributed by atoms with Crippen molar-refractivity contribution in [1.82, 2.24) is 0 Å². The van der Waals surface area contributed by atoms with Crippen molar-refractivity contribution in [3.63, 3.8) is 0 Å². The van der Waals surface area contributed by atoms with E-state index in [1.54, 1.807) is 54.6 Å². The fourth-order valence-electron chi connectivity index (χ4n) is 1.55. The number of allylic oxidation sites excluding steroid dienone is 1. The molecule has 2 rings (SSSR count). The van der Waals surface area contributed by atoms with E-state index in [4.69, 9.17) is 16.9 Å². The Hall–Kier alpha value is -2.37. The van der Waals surface area contributed by atoms with Crippen LogP contribution >= 0.6 is 11.6 Å². The SMILES string of the molecule is N#Cc1ccc(/C=C/C(=O)c2ccc(Cl)cc2)cc1. The van der Waals surface area contributed by atoms with Crippen LogP contribution < -0.4 is 0 Å². The van der Waals surface area contributed by atoms with Gasteiger partial charge >= 0.3 is 0 Å². The molecule has 0 aliphatic heterocycles. The number of nitriles is 1. The van der Waals surface area contributed by atoms with Crippen LogP contribution in [0.5, 0.6) is 0 Å². The maximum absolute atomic E-state index is 11.9. The van der Waals surface area contributed by atoms with Gasteiger partial charge in [-0.1, -0.05) is 29.8 Å². The molecular formula is C16H10ClNO. The van der Waals surface area contributed by atoms with E-state index in [0.717, 1.165) is 5.56 Å². The lowest BCUT2D eigenvalue weighted by Gasteiger charge is -1.96. The molecule has 3 heteroatoms. The first-order valence-corrected chi connectivity index (χ1v) is 6.05. The van der Waals surface area contributed by atoms with Gasteiger partial charge in [0.1, 0.15) is 0 Å². The molecular weight excluding hydrogens is 258 g/mol. The predicted octanol–water partition coefficient (Wildman–Crippen LogP) is 4.11. The molecule has 0 N–H and O–H groups in total. The summed E-state index contributed by atoms with van der Waals surface area (Å²) in [6.45, 7) is 0. The van der Waals surface area contributed by atoms with Gasteiger partial charge in [0.2, 0.25) is 0 Å². The maximum atomic E-state index is 11.9. The molecule has 0 aliphatic rings. The molecule has 2 nitrogen and oxygen atoms in total. The minimum atomic E-state index is -0.0824. The number of carbonyl (C=O) groups is 1. The van der Waals surface area contributed by atoms with Gasteiger partial charge in [-0.3, -0.25) is 4.79 Å². The van der Waals surface area contributed by atoms with Crippen LogP contribution in [0.4, 0.5) is 0 Å². The van der Waals surface area contributed by atoms with Gasteiger partial charge in [0.25, 0.3) is 0 Å². The molecule has 0 bridgehead atoms. The lowest BCUT2D eigenvalue weighted by atomic mass is 10.1. The zero-order valence-corrected chi connectivity index (χ0v) is 10.8. The van der Waals surface area contributed by atoms with Crippen molar-refractivity contribution < 1.29 is 4.79 Å². The number of ketones is 1. The van der Waals surface area contributed by atoms with Gasteiger partial charge in [-0.25, -0.2) is 0 Å². The second-order valence-electron chi connectivity index (χ2n) is 3.94. The molecule has 0 saturated carbocycles. The summed E-state index contributed by atoms with van der Waals surface area (Å²) in [4.78, 5) is 11.9. The van der Waals surface area contributed by atoms with E-state index in [1.807, 2.05) is 6.07 Å². The lowest BCUT2D eigenvalue weighted by Crippen LogP contribution is -1.93. The molecule has 0 fully saturated rings. The summed E-state index contributed by atoms with van der Waals surface area (Å²) in [5.41, 5.74) is 2.07. The zero-order valence-electron chi connectivity index (χ0n) is 10.0. The van der Waals surface area contributed by atoms with Crippen LogP contribution in [0, 0.1) is 11.3 Å². The first-order chi connectivity index (χ1) is 9.19. The fourth-order valence-corrected chi connectivity index (χ4v) is 1.68. The molecule has 92 valence electrons.